The van der Waals surface area contributed by atoms with Gasteiger partial charge in [0.2, 0.25) is 10.0 Å². The molecule has 0 aliphatic heterocycles. The number of aliphatic hydroxyl groups excluding tert-OH is 1. The molecule has 1 unspecified atom stereocenters. The summed E-state index contributed by atoms with van der Waals surface area (Å²) in [6.45, 7) is 4.36. The lowest BCUT2D eigenvalue weighted by Gasteiger charge is -2.31. The van der Waals surface area contributed by atoms with E-state index in [-0.39, 0.29) is 41.4 Å². The van der Waals surface area contributed by atoms with Crippen LogP contribution in [-0.2, 0) is 34.1 Å². The Kier molecular flexibility index (Phi) is 11.2. The van der Waals surface area contributed by atoms with Crippen molar-refractivity contribution in [3.05, 3.63) is 76.3 Å². The monoisotopic (exact) mass is 658 g/mol. The predicted octanol–water partition coefficient (Wildman–Crippen LogP) is 5.20. The van der Waals surface area contributed by atoms with Crippen LogP contribution in [0.15, 0.2) is 59.5 Å². The van der Waals surface area contributed by atoms with E-state index >= 15 is 0 Å². The van der Waals surface area contributed by atoms with Crippen molar-refractivity contribution >= 4 is 27.6 Å². The number of aryl methyl sites for hydroxylation is 1. The summed E-state index contributed by atoms with van der Waals surface area (Å²) in [6, 6.07) is 16.4. The highest BCUT2D eigenvalue weighted by molar-refractivity contribution is 7.89. The number of benzene rings is 3. The van der Waals surface area contributed by atoms with Gasteiger partial charge >= 0.3 is 5.97 Å². The van der Waals surface area contributed by atoms with Gasteiger partial charge in [0.25, 0.3) is 0 Å². The first-order chi connectivity index (χ1) is 21.2. The largest absolute Gasteiger partial charge is 0.493 e. The van der Waals surface area contributed by atoms with Crippen LogP contribution in [0.1, 0.15) is 43.4 Å². The van der Waals surface area contributed by atoms with Gasteiger partial charge < -0.3 is 25.0 Å². The molecule has 0 saturated carbocycles. The Labute approximate surface area is 271 Å². The van der Waals surface area contributed by atoms with Crippen molar-refractivity contribution in [2.24, 2.45) is 5.92 Å². The zero-order valence-corrected chi connectivity index (χ0v) is 28.0. The van der Waals surface area contributed by atoms with Gasteiger partial charge in [0.1, 0.15) is 0 Å². The first-order valence-corrected chi connectivity index (χ1v) is 16.8. The molecule has 0 saturated heterocycles. The number of hydrogen-bond acceptors (Lipinski definition) is 7. The van der Waals surface area contributed by atoms with E-state index in [0.717, 1.165) is 23.6 Å². The number of aliphatic hydroxyl groups is 1. The first kappa shape index (κ1) is 34.7. The minimum absolute atomic E-state index is 0.0207. The van der Waals surface area contributed by atoms with Gasteiger partial charge in [-0.15, -0.1) is 0 Å². The average Bonchev–Trinajstić information content (AvgIpc) is 3.40. The smallest absolute Gasteiger partial charge is 0.303 e. The van der Waals surface area contributed by atoms with Crippen LogP contribution < -0.4 is 14.8 Å². The zero-order valence-electron chi connectivity index (χ0n) is 26.5. The molecule has 3 aromatic carbocycles. The van der Waals surface area contributed by atoms with Crippen LogP contribution in [0.25, 0.3) is 11.1 Å². The number of rotatable bonds is 15. The van der Waals surface area contributed by atoms with E-state index in [4.69, 9.17) is 21.1 Å². The Balaban J connectivity index is 1.42. The number of aliphatic carboxylic acids is 1. The fourth-order valence-electron chi connectivity index (χ4n) is 6.12. The molecule has 0 fully saturated rings. The van der Waals surface area contributed by atoms with E-state index in [2.05, 4.69) is 43.4 Å². The molecule has 0 heterocycles. The third kappa shape index (κ3) is 8.56. The molecule has 0 aromatic heterocycles. The van der Waals surface area contributed by atoms with Gasteiger partial charge in [0.05, 0.1) is 25.2 Å². The summed E-state index contributed by atoms with van der Waals surface area (Å²) >= 11 is 6.65. The number of carbonyl (C=O) groups is 1. The van der Waals surface area contributed by atoms with Crippen LogP contribution in [0, 0.1) is 5.92 Å². The number of nitrogens with one attached hydrogen (secondary N) is 1. The SMILES string of the molecule is COc1cc(CCC(=O)O)c(-c2ccc(S(=O)(=O)N(C)CC(O)CNC(C)(C)CC3Cc4ccccc4C3)cc2Cl)cc1OC. The molecule has 4 rings (SSSR count). The first-order valence-electron chi connectivity index (χ1n) is 15.0. The van der Waals surface area contributed by atoms with E-state index in [9.17, 15) is 23.4 Å². The summed E-state index contributed by atoms with van der Waals surface area (Å²) in [6.07, 6.45) is 2.19. The van der Waals surface area contributed by atoms with Crippen LogP contribution >= 0.6 is 11.6 Å². The highest BCUT2D eigenvalue weighted by Gasteiger charge is 2.30. The molecule has 9 nitrogen and oxygen atoms in total. The Bertz CT molecular complexity index is 1600. The van der Waals surface area contributed by atoms with E-state index in [1.165, 1.54) is 44.5 Å². The number of fused-ring (bicyclic) bond motifs is 1. The number of likely N-dealkylation sites (N-methyl/N-ethyl adjacent to an activating group) is 1. The van der Waals surface area contributed by atoms with Gasteiger partial charge in [-0.05, 0) is 92.0 Å². The van der Waals surface area contributed by atoms with Crippen molar-refractivity contribution in [1.29, 1.82) is 0 Å². The third-order valence-electron chi connectivity index (χ3n) is 8.38. The fraction of sp³-hybridized carbons (Fsp3) is 0.441. The Hall–Kier alpha value is -3.15. The second-order valence-corrected chi connectivity index (χ2v) is 14.8. The molecular formula is C34H43ClN2O7S. The molecule has 11 heteroatoms. The molecule has 244 valence electrons. The third-order valence-corrected chi connectivity index (χ3v) is 10.5. The summed E-state index contributed by atoms with van der Waals surface area (Å²) in [5.41, 5.74) is 4.38. The zero-order chi connectivity index (χ0) is 32.9. The number of β-amino-alcohol motifs (C(OH)–C–C–N with tert-alkyl or cyclic N) is 1. The summed E-state index contributed by atoms with van der Waals surface area (Å²) in [4.78, 5) is 11.3. The molecule has 0 spiro atoms. The lowest BCUT2D eigenvalue weighted by Crippen LogP contribution is -2.47. The van der Waals surface area contributed by atoms with Gasteiger partial charge in [-0.2, -0.15) is 4.31 Å². The highest BCUT2D eigenvalue weighted by atomic mass is 35.5. The lowest BCUT2D eigenvalue weighted by molar-refractivity contribution is -0.136. The predicted molar refractivity (Wildman–Crippen MR) is 176 cm³/mol. The second-order valence-electron chi connectivity index (χ2n) is 12.4. The minimum atomic E-state index is -3.97. The van der Waals surface area contributed by atoms with Gasteiger partial charge in [0, 0.05) is 42.7 Å². The summed E-state index contributed by atoms with van der Waals surface area (Å²) in [7, 11) is 0.438. The van der Waals surface area contributed by atoms with E-state index < -0.39 is 22.1 Å². The molecule has 0 amide bonds. The maximum Gasteiger partial charge on any atom is 0.303 e. The van der Waals surface area contributed by atoms with Crippen molar-refractivity contribution in [3.8, 4) is 22.6 Å². The quantitative estimate of drug-likeness (QED) is 0.204. The van der Waals surface area contributed by atoms with Crippen LogP contribution in [0.5, 0.6) is 11.5 Å². The Morgan fingerprint density at radius 1 is 1.04 bits per heavy atom. The van der Waals surface area contributed by atoms with Gasteiger partial charge in [-0.25, -0.2) is 8.42 Å². The molecule has 0 bridgehead atoms. The number of carboxylic acid groups (broad SMARTS) is 1. The van der Waals surface area contributed by atoms with Crippen LogP contribution in [0.3, 0.4) is 0 Å². The van der Waals surface area contributed by atoms with E-state index in [1.54, 1.807) is 18.2 Å². The van der Waals surface area contributed by atoms with Crippen molar-refractivity contribution in [3.63, 3.8) is 0 Å². The second kappa shape index (κ2) is 14.5. The Morgan fingerprint density at radius 2 is 1.67 bits per heavy atom. The Morgan fingerprint density at radius 3 is 2.24 bits per heavy atom. The van der Waals surface area contributed by atoms with Crippen LogP contribution in [-0.4, -0.2) is 74.9 Å². The number of sulfonamides is 1. The number of ether oxygens (including phenoxy) is 2. The molecular weight excluding hydrogens is 616 g/mol. The average molecular weight is 659 g/mol. The standard InChI is InChI=1S/C34H43ClN2O7S/c1-34(2,19-22-14-23-8-6-7-9-24(23)15-22)36-20-26(38)21-37(3)45(41,42)27-11-12-28(30(35)17-27)29-18-32(44-5)31(43-4)16-25(29)10-13-33(39)40/h6-9,11-12,16-18,22,26,36,38H,10,13-15,19-21H2,1-5H3,(H,39,40). The van der Waals surface area contributed by atoms with Crippen LogP contribution in [0.4, 0.5) is 0 Å². The highest BCUT2D eigenvalue weighted by Crippen LogP contribution is 2.40. The van der Waals surface area contributed by atoms with Crippen LogP contribution in [0.2, 0.25) is 5.02 Å². The fourth-order valence-corrected chi connectivity index (χ4v) is 7.70. The number of hydrogen-bond donors (Lipinski definition) is 3. The van der Waals surface area contributed by atoms with Crippen molar-refractivity contribution in [2.45, 2.75) is 62.5 Å². The molecule has 1 aliphatic carbocycles. The number of methoxy groups -OCH3 is 2. The molecule has 3 N–H and O–H groups in total. The lowest BCUT2D eigenvalue weighted by atomic mass is 9.88. The normalized spacial score (nSPS) is 14.4. The number of carboxylic acids is 1. The maximum atomic E-state index is 13.5. The molecule has 1 atom stereocenters. The molecule has 45 heavy (non-hydrogen) atoms. The minimum Gasteiger partial charge on any atom is -0.493 e. The topological polar surface area (TPSA) is 125 Å². The van der Waals surface area contributed by atoms with E-state index in [1.807, 2.05) is 0 Å². The van der Waals surface area contributed by atoms with E-state index in [0.29, 0.717) is 34.1 Å². The van der Waals surface area contributed by atoms with Gasteiger partial charge in [0.15, 0.2) is 11.5 Å². The number of nitrogens with zero attached hydrogens (tertiary/aromatic N) is 1. The maximum absolute atomic E-state index is 13.5. The molecule has 0 radical (unpaired) electrons. The summed E-state index contributed by atoms with van der Waals surface area (Å²) < 4.78 is 38.9. The van der Waals surface area contributed by atoms with Crippen molar-refractivity contribution in [1.82, 2.24) is 9.62 Å². The molecule has 3 aromatic rings. The van der Waals surface area contributed by atoms with Crippen molar-refractivity contribution in [2.75, 3.05) is 34.4 Å². The van der Waals surface area contributed by atoms with Crippen molar-refractivity contribution < 1.29 is 32.9 Å². The van der Waals surface area contributed by atoms with Gasteiger partial charge in [-0.3, -0.25) is 4.79 Å². The summed E-state index contributed by atoms with van der Waals surface area (Å²) in [5, 5.41) is 23.6. The summed E-state index contributed by atoms with van der Waals surface area (Å²) in [5.74, 6) is 0.439. The van der Waals surface area contributed by atoms with Gasteiger partial charge in [-0.1, -0.05) is 41.9 Å². The number of halogens is 1. The molecule has 1 aliphatic rings.